The van der Waals surface area contributed by atoms with Gasteiger partial charge in [-0.25, -0.2) is 65.9 Å². The monoisotopic (exact) mass is 1460 g/mol. The summed E-state index contributed by atoms with van der Waals surface area (Å²) >= 11 is 12.2. The minimum atomic E-state index is -4.44. The molecule has 7 heterocycles. The van der Waals surface area contributed by atoms with E-state index in [1.807, 2.05) is 18.6 Å². The third kappa shape index (κ3) is 16.1. The number of carbonyl (C=O) groups is 3. The van der Waals surface area contributed by atoms with Crippen LogP contribution in [0, 0.1) is 50.7 Å². The molecule has 30 heteroatoms. The zero-order valence-corrected chi connectivity index (χ0v) is 60.5. The molecule has 6 N–H and O–H groups in total. The van der Waals surface area contributed by atoms with Gasteiger partial charge in [-0.05, 0) is 237 Å². The predicted octanol–water partition coefficient (Wildman–Crippen LogP) is 12.8. The highest BCUT2D eigenvalue weighted by atomic mass is 35.5. The van der Waals surface area contributed by atoms with Gasteiger partial charge in [-0.3, -0.25) is 4.79 Å². The van der Waals surface area contributed by atoms with E-state index in [1.165, 1.54) is 109 Å². The van der Waals surface area contributed by atoms with Gasteiger partial charge in [-0.15, -0.1) is 10.2 Å². The van der Waals surface area contributed by atoms with E-state index in [0.29, 0.717) is 94.8 Å². The van der Waals surface area contributed by atoms with Gasteiger partial charge in [0.05, 0.1) is 24.3 Å². The lowest BCUT2D eigenvalue weighted by Gasteiger charge is -2.33. The zero-order valence-electron chi connectivity index (χ0n) is 57.4. The van der Waals surface area contributed by atoms with Crippen molar-refractivity contribution in [2.75, 3.05) is 43.5 Å². The Balaban J connectivity index is 0.000000165. The molecule has 4 unspecified atom stereocenters. The number of pyridine rings is 4. The highest BCUT2D eigenvalue weighted by molar-refractivity contribution is 7.90. The second-order valence-electron chi connectivity index (χ2n) is 30.9. The Morgan fingerprint density at radius 2 is 1.12 bits per heavy atom. The number of aromatic carboxylic acids is 1. The number of primary sulfonamides is 1. The van der Waals surface area contributed by atoms with E-state index in [9.17, 15) is 35.6 Å². The number of carboxylic acid groups (broad SMARTS) is 1. The number of fused-ring (bicyclic) bond motifs is 2. The largest absolute Gasteiger partial charge is 0.478 e. The van der Waals surface area contributed by atoms with Crippen molar-refractivity contribution >= 4 is 72.9 Å². The number of nitrogens with zero attached hydrogens (tertiary/aromatic N) is 9. The first kappa shape index (κ1) is 72.5. The number of anilines is 2. The van der Waals surface area contributed by atoms with E-state index in [1.54, 1.807) is 62.3 Å². The van der Waals surface area contributed by atoms with Crippen molar-refractivity contribution in [1.29, 1.82) is 0 Å². The molecule has 0 aromatic carbocycles. The third-order valence-corrected chi connectivity index (χ3v) is 24.4. The standard InChI is InChI=1S/C37H47ClFN7O6S.C18H18ClN3O3.C15H24FN3O2S/c1-34(2,3)52-33(48)45-22-23(20-35(45,4)5)19-24(39)21-40-27-7-6-8-30(41-27)53(49,50)44-32(47)25-9-10-28(42-31(25)38)46-17-11-29(43-46)51-18-12-26-36(13-14-36)37(26)15-16-37;19-15-11(16(23)24)1-2-13(20-15)22-9-3-14(21-22)25-10-4-12-17(5-6-17)18(12)7-8-18;1-15(2)7-6-11(9-15)8-12(16)10-18-13-4-3-5-14(19-13)22(17,20)21/h6-11,17,23-24,26H,12-16,18-22H2,1-5H3,(H,40,41)(H,44,47);1-3,9,12H,4-8,10H2,(H,23,24);3-5,11-12H,6-10H2,1-2H3,(H,18,19)(H2,17,20,21). The van der Waals surface area contributed by atoms with Gasteiger partial charge in [0.2, 0.25) is 11.8 Å². The van der Waals surface area contributed by atoms with Crippen LogP contribution in [0.3, 0.4) is 0 Å². The quantitative estimate of drug-likeness (QED) is 0.0333. The number of nitrogens with two attached hydrogens (primary N) is 1. The fraction of sp³-hybridized carbons (Fsp3) is 0.586. The van der Waals surface area contributed by atoms with Crippen LogP contribution in [0.25, 0.3) is 11.6 Å². The van der Waals surface area contributed by atoms with E-state index in [4.69, 9.17) is 47.7 Å². The molecule has 1 aliphatic heterocycles. The van der Waals surface area contributed by atoms with Crippen LogP contribution in [0.1, 0.15) is 172 Å². The lowest BCUT2D eigenvalue weighted by Crippen LogP contribution is -2.45. The maximum Gasteiger partial charge on any atom is 0.410 e. The summed E-state index contributed by atoms with van der Waals surface area (Å²) in [6.07, 6.45) is 18.6. The number of hydrogen-bond donors (Lipinski definition) is 5. The summed E-state index contributed by atoms with van der Waals surface area (Å²) in [7, 11) is -8.28. The topological polar surface area (TPSA) is 320 Å². The smallest absolute Gasteiger partial charge is 0.410 e. The number of likely N-dealkylation sites (tertiary alicyclic amines) is 1. The van der Waals surface area contributed by atoms with E-state index in [-0.39, 0.29) is 57.7 Å². The third-order valence-electron chi connectivity index (χ3n) is 21.8. The number of sulfonamides is 2. The summed E-state index contributed by atoms with van der Waals surface area (Å²) in [5.41, 5.74) is 1.70. The molecule has 24 nitrogen and oxygen atoms in total. The molecular formula is C70H89Cl2F2N13O11S2. The highest BCUT2D eigenvalue weighted by Gasteiger charge is 2.86. The van der Waals surface area contributed by atoms with Crippen molar-refractivity contribution in [1.82, 2.24) is 49.1 Å². The van der Waals surface area contributed by atoms with Crippen molar-refractivity contribution in [3.8, 4) is 23.4 Å². The minimum absolute atomic E-state index is 0.0264. The summed E-state index contributed by atoms with van der Waals surface area (Å²) in [5, 5.41) is 27.5. The summed E-state index contributed by atoms with van der Waals surface area (Å²) in [6, 6.07) is 18.0. The molecular weight excluding hydrogens is 1370 g/mol. The molecule has 7 aliphatic carbocycles. The summed E-state index contributed by atoms with van der Waals surface area (Å²) in [6.45, 7) is 15.4. The van der Waals surface area contributed by atoms with Crippen LogP contribution in [0.5, 0.6) is 11.8 Å². The van der Waals surface area contributed by atoms with Crippen molar-refractivity contribution in [3.05, 3.63) is 107 Å². The lowest BCUT2D eigenvalue weighted by molar-refractivity contribution is 0.0129. The van der Waals surface area contributed by atoms with Crippen LogP contribution < -0.4 is 30.0 Å². The van der Waals surface area contributed by atoms with Gasteiger partial charge in [0.15, 0.2) is 21.7 Å². The Hall–Kier alpha value is -7.27. The molecule has 1 saturated heterocycles. The average Bonchev–Trinajstić information content (AvgIpc) is 1.45. The minimum Gasteiger partial charge on any atom is -0.478 e. The molecule has 8 aliphatic rings. The molecule has 4 atom stereocenters. The highest BCUT2D eigenvalue weighted by Crippen LogP contribution is 2.94. The van der Waals surface area contributed by atoms with Crippen LogP contribution in [-0.4, -0.2) is 141 Å². The summed E-state index contributed by atoms with van der Waals surface area (Å²) < 4.78 is 100. The van der Waals surface area contributed by atoms with Crippen LogP contribution in [0.15, 0.2) is 95.2 Å². The Kier molecular flexibility index (Phi) is 19.9. The summed E-state index contributed by atoms with van der Waals surface area (Å²) in [5.74, 6) is 2.12. The molecule has 2 amide bonds. The average molecular weight is 1460 g/mol. The van der Waals surface area contributed by atoms with Gasteiger partial charge in [-0.2, -0.15) is 8.42 Å². The Morgan fingerprint density at radius 1 is 0.650 bits per heavy atom. The molecule has 0 radical (unpaired) electrons. The van der Waals surface area contributed by atoms with Gasteiger partial charge in [-0.1, -0.05) is 49.2 Å². The molecule has 4 spiro atoms. The van der Waals surface area contributed by atoms with Crippen LogP contribution in [-0.2, 0) is 24.8 Å². The molecule has 540 valence electrons. The van der Waals surface area contributed by atoms with Crippen LogP contribution in [0.4, 0.5) is 25.2 Å². The van der Waals surface area contributed by atoms with Crippen molar-refractivity contribution in [3.63, 3.8) is 0 Å². The number of halogens is 4. The van der Waals surface area contributed by atoms with Crippen LogP contribution in [0.2, 0.25) is 10.3 Å². The van der Waals surface area contributed by atoms with Crippen molar-refractivity contribution in [2.24, 2.45) is 55.9 Å². The number of carbonyl (C=O) groups excluding carboxylic acids is 2. The molecule has 100 heavy (non-hydrogen) atoms. The normalized spacial score (nSPS) is 21.6. The number of ether oxygens (including phenoxy) is 3. The second kappa shape index (κ2) is 27.5. The molecule has 0 bridgehead atoms. The fourth-order valence-corrected chi connectivity index (χ4v) is 18.5. The maximum atomic E-state index is 15.2. The predicted molar refractivity (Wildman–Crippen MR) is 370 cm³/mol. The van der Waals surface area contributed by atoms with Gasteiger partial charge in [0, 0.05) is 49.7 Å². The Morgan fingerprint density at radius 3 is 1.56 bits per heavy atom. The van der Waals surface area contributed by atoms with E-state index < -0.39 is 66.5 Å². The number of aromatic nitrogens is 8. The first-order valence-electron chi connectivity index (χ1n) is 34.4. The molecule has 7 saturated carbocycles. The number of hydrogen-bond acceptors (Lipinski definition) is 18. The fourth-order valence-electron chi connectivity index (χ4n) is 16.6. The number of rotatable bonds is 25. The van der Waals surface area contributed by atoms with E-state index >= 15 is 4.39 Å². The number of carboxylic acids is 1. The molecule has 6 aromatic rings. The first-order valence-corrected chi connectivity index (χ1v) is 38.2. The number of alkyl halides is 2. The van der Waals surface area contributed by atoms with Crippen molar-refractivity contribution < 1.29 is 59.3 Å². The van der Waals surface area contributed by atoms with Gasteiger partial charge < -0.3 is 34.9 Å². The van der Waals surface area contributed by atoms with Gasteiger partial charge in [0.25, 0.3) is 26.0 Å². The SMILES string of the molecule is CC(C)(C)OC(=O)N1CC(CC(F)CNc2cccc(S(=O)(=O)NC(=O)c3ccc(-n4ccc(OCCC5C6(CC6)C56CC6)n4)nc3Cl)n2)CC1(C)C.CC1(C)CCC(CC(F)CNc2cccc(S(N)(=O)=O)n2)C1.O=C(O)c1ccc(-n2ccc(OCCC3C4(CC4)C34CC4)n2)nc1Cl. The summed E-state index contributed by atoms with van der Waals surface area (Å²) in [4.78, 5) is 54.7. The number of amides is 2. The molecule has 8 fully saturated rings. The zero-order chi connectivity index (χ0) is 71.6. The lowest BCUT2D eigenvalue weighted by atomic mass is 9.89. The van der Waals surface area contributed by atoms with E-state index in [0.717, 1.165) is 43.9 Å². The van der Waals surface area contributed by atoms with E-state index in [2.05, 4.69) is 54.6 Å². The maximum absolute atomic E-state index is 15.2. The Bertz CT molecular complexity index is 4250. The second-order valence-corrected chi connectivity index (χ2v) is 34.8. The van der Waals surface area contributed by atoms with Crippen molar-refractivity contribution in [2.45, 2.75) is 185 Å². The van der Waals surface area contributed by atoms with Gasteiger partial charge in [0.1, 0.15) is 39.9 Å². The molecule has 14 rings (SSSR count). The van der Waals surface area contributed by atoms with Crippen LogP contribution >= 0.6 is 23.2 Å². The van der Waals surface area contributed by atoms with Gasteiger partial charge >= 0.3 is 12.1 Å². The first-order chi connectivity index (χ1) is 47.1. The number of nitrogens with one attached hydrogen (secondary N) is 3. The molecule has 6 aromatic heterocycles. The Labute approximate surface area is 592 Å².